The maximum atomic E-state index is 3.52. The molecule has 0 aromatic heterocycles. The molecule has 1 unspecified atom stereocenters. The molecule has 2 rings (SSSR count). The van der Waals surface area contributed by atoms with Crippen molar-refractivity contribution in [2.24, 2.45) is 5.92 Å². The van der Waals surface area contributed by atoms with Crippen molar-refractivity contribution in [3.8, 4) is 0 Å². The van der Waals surface area contributed by atoms with Crippen molar-refractivity contribution < 1.29 is 0 Å². The molecule has 3 nitrogen and oxygen atoms in total. The summed E-state index contributed by atoms with van der Waals surface area (Å²) in [6.07, 6.45) is 2.54. The van der Waals surface area contributed by atoms with Crippen LogP contribution in [0.4, 0.5) is 0 Å². The van der Waals surface area contributed by atoms with Gasteiger partial charge in [0.05, 0.1) is 0 Å². The number of nitrogens with one attached hydrogen (secondary N) is 1. The number of nitrogens with zero attached hydrogens (tertiary/aromatic N) is 2. The lowest BCUT2D eigenvalue weighted by Gasteiger charge is -2.22. The molecule has 0 amide bonds. The van der Waals surface area contributed by atoms with E-state index < -0.39 is 0 Å². The Kier molecular flexibility index (Phi) is 6.68. The molecule has 3 heteroatoms. The number of benzene rings is 1. The standard InChI is InChI=1S/C18H31N3/c1-4-10-19-12-17-7-5-6-8-18(17)15-21(3)14-16-9-11-20(2)13-16/h5-8,16,19H,4,9-15H2,1-3H3. The van der Waals surface area contributed by atoms with E-state index in [0.717, 1.165) is 25.6 Å². The smallest absolute Gasteiger partial charge is 0.0234 e. The average Bonchev–Trinajstić information content (AvgIpc) is 2.86. The maximum absolute atomic E-state index is 3.52. The molecule has 1 atom stereocenters. The first kappa shape index (κ1) is 16.5. The van der Waals surface area contributed by atoms with E-state index in [1.165, 1.54) is 43.6 Å². The summed E-state index contributed by atoms with van der Waals surface area (Å²) in [6, 6.07) is 8.85. The second-order valence-electron chi connectivity index (χ2n) is 6.56. The summed E-state index contributed by atoms with van der Waals surface area (Å²) in [6.45, 7) is 9.08. The van der Waals surface area contributed by atoms with Crippen molar-refractivity contribution in [1.29, 1.82) is 0 Å². The highest BCUT2D eigenvalue weighted by Crippen LogP contribution is 2.17. The Morgan fingerprint density at radius 3 is 2.71 bits per heavy atom. The molecule has 1 saturated heterocycles. The Balaban J connectivity index is 1.86. The minimum absolute atomic E-state index is 0.838. The van der Waals surface area contributed by atoms with Gasteiger partial charge in [-0.1, -0.05) is 31.2 Å². The van der Waals surface area contributed by atoms with Crippen molar-refractivity contribution in [2.75, 3.05) is 40.3 Å². The molecule has 118 valence electrons. The first-order valence-corrected chi connectivity index (χ1v) is 8.33. The van der Waals surface area contributed by atoms with E-state index in [2.05, 4.69) is 60.4 Å². The Morgan fingerprint density at radius 1 is 1.29 bits per heavy atom. The van der Waals surface area contributed by atoms with E-state index in [0.29, 0.717) is 0 Å². The van der Waals surface area contributed by atoms with Crippen LogP contribution >= 0.6 is 0 Å². The SMILES string of the molecule is CCCNCc1ccccc1CN(C)CC1CCN(C)C1. The van der Waals surface area contributed by atoms with Crippen molar-refractivity contribution in [1.82, 2.24) is 15.1 Å². The highest BCUT2D eigenvalue weighted by atomic mass is 15.1. The van der Waals surface area contributed by atoms with Gasteiger partial charge in [-0.05, 0) is 57.1 Å². The fourth-order valence-corrected chi connectivity index (χ4v) is 3.26. The second kappa shape index (κ2) is 8.52. The van der Waals surface area contributed by atoms with Gasteiger partial charge in [0.1, 0.15) is 0 Å². The van der Waals surface area contributed by atoms with Crippen LogP contribution in [-0.2, 0) is 13.1 Å². The van der Waals surface area contributed by atoms with Gasteiger partial charge in [-0.25, -0.2) is 0 Å². The number of hydrogen-bond donors (Lipinski definition) is 1. The third kappa shape index (κ3) is 5.42. The molecule has 0 spiro atoms. The van der Waals surface area contributed by atoms with Crippen molar-refractivity contribution in [2.45, 2.75) is 32.9 Å². The van der Waals surface area contributed by atoms with Gasteiger partial charge in [-0.2, -0.15) is 0 Å². The third-order valence-corrected chi connectivity index (χ3v) is 4.36. The fraction of sp³-hybridized carbons (Fsp3) is 0.667. The zero-order chi connectivity index (χ0) is 15.1. The van der Waals surface area contributed by atoms with Gasteiger partial charge in [0.25, 0.3) is 0 Å². The summed E-state index contributed by atoms with van der Waals surface area (Å²) < 4.78 is 0. The molecule has 1 fully saturated rings. The molecular weight excluding hydrogens is 258 g/mol. The van der Waals surface area contributed by atoms with Crippen LogP contribution in [0.2, 0.25) is 0 Å². The zero-order valence-electron chi connectivity index (χ0n) is 13.9. The largest absolute Gasteiger partial charge is 0.313 e. The van der Waals surface area contributed by atoms with Gasteiger partial charge in [-0.15, -0.1) is 0 Å². The Hall–Kier alpha value is -0.900. The molecule has 1 aliphatic rings. The highest BCUT2D eigenvalue weighted by molar-refractivity contribution is 5.26. The molecule has 1 aliphatic heterocycles. The Morgan fingerprint density at radius 2 is 2.05 bits per heavy atom. The van der Waals surface area contributed by atoms with Crippen LogP contribution in [0.25, 0.3) is 0 Å². The van der Waals surface area contributed by atoms with E-state index in [-0.39, 0.29) is 0 Å². The van der Waals surface area contributed by atoms with E-state index in [1.807, 2.05) is 0 Å². The Labute approximate surface area is 130 Å². The van der Waals surface area contributed by atoms with Crippen LogP contribution in [-0.4, -0.2) is 50.1 Å². The van der Waals surface area contributed by atoms with Gasteiger partial charge < -0.3 is 15.1 Å². The molecule has 0 bridgehead atoms. The molecule has 0 radical (unpaired) electrons. The van der Waals surface area contributed by atoms with E-state index in [1.54, 1.807) is 0 Å². The van der Waals surface area contributed by atoms with Gasteiger partial charge in [0.15, 0.2) is 0 Å². The summed E-state index contributed by atoms with van der Waals surface area (Å²) in [5, 5.41) is 3.52. The molecule has 0 aliphatic carbocycles. The maximum Gasteiger partial charge on any atom is 0.0234 e. The third-order valence-electron chi connectivity index (χ3n) is 4.36. The van der Waals surface area contributed by atoms with Crippen LogP contribution in [0.15, 0.2) is 24.3 Å². The van der Waals surface area contributed by atoms with Crippen LogP contribution in [0.5, 0.6) is 0 Å². The number of rotatable bonds is 8. The monoisotopic (exact) mass is 289 g/mol. The summed E-state index contributed by atoms with van der Waals surface area (Å²) in [5.41, 5.74) is 2.91. The summed E-state index contributed by atoms with van der Waals surface area (Å²) in [5.74, 6) is 0.838. The first-order valence-electron chi connectivity index (χ1n) is 8.33. The molecule has 1 aromatic rings. The van der Waals surface area contributed by atoms with E-state index >= 15 is 0 Å². The van der Waals surface area contributed by atoms with Gasteiger partial charge in [0, 0.05) is 26.2 Å². The van der Waals surface area contributed by atoms with Crippen LogP contribution in [0.1, 0.15) is 30.9 Å². The summed E-state index contributed by atoms with van der Waals surface area (Å²) in [7, 11) is 4.49. The highest BCUT2D eigenvalue weighted by Gasteiger charge is 2.20. The normalized spacial score (nSPS) is 19.5. The van der Waals surface area contributed by atoms with Crippen molar-refractivity contribution in [3.05, 3.63) is 35.4 Å². The topological polar surface area (TPSA) is 18.5 Å². The first-order chi connectivity index (χ1) is 10.2. The number of hydrogen-bond acceptors (Lipinski definition) is 3. The molecule has 1 aromatic carbocycles. The van der Waals surface area contributed by atoms with E-state index in [9.17, 15) is 0 Å². The van der Waals surface area contributed by atoms with Gasteiger partial charge >= 0.3 is 0 Å². The molecule has 0 saturated carbocycles. The Bertz CT molecular complexity index is 419. The minimum Gasteiger partial charge on any atom is -0.313 e. The van der Waals surface area contributed by atoms with Gasteiger partial charge in [0.2, 0.25) is 0 Å². The summed E-state index contributed by atoms with van der Waals surface area (Å²) >= 11 is 0. The zero-order valence-corrected chi connectivity index (χ0v) is 13.9. The van der Waals surface area contributed by atoms with Crippen LogP contribution < -0.4 is 5.32 Å². The van der Waals surface area contributed by atoms with Crippen LogP contribution in [0.3, 0.4) is 0 Å². The summed E-state index contributed by atoms with van der Waals surface area (Å²) in [4.78, 5) is 4.93. The van der Waals surface area contributed by atoms with Crippen LogP contribution in [0, 0.1) is 5.92 Å². The molecule has 1 heterocycles. The second-order valence-corrected chi connectivity index (χ2v) is 6.56. The van der Waals surface area contributed by atoms with Gasteiger partial charge in [-0.3, -0.25) is 0 Å². The van der Waals surface area contributed by atoms with E-state index in [4.69, 9.17) is 0 Å². The lowest BCUT2D eigenvalue weighted by Crippen LogP contribution is -2.27. The minimum atomic E-state index is 0.838. The average molecular weight is 289 g/mol. The number of likely N-dealkylation sites (tertiary alicyclic amines) is 1. The fourth-order valence-electron chi connectivity index (χ4n) is 3.26. The lowest BCUT2D eigenvalue weighted by atomic mass is 10.1. The molecule has 1 N–H and O–H groups in total. The van der Waals surface area contributed by atoms with Crippen molar-refractivity contribution in [3.63, 3.8) is 0 Å². The predicted octanol–water partition coefficient (Wildman–Crippen LogP) is 2.57. The lowest BCUT2D eigenvalue weighted by molar-refractivity contribution is 0.266. The molecular formula is C18H31N3. The predicted molar refractivity (Wildman–Crippen MR) is 90.4 cm³/mol. The quantitative estimate of drug-likeness (QED) is 0.742. The molecule has 21 heavy (non-hydrogen) atoms. The van der Waals surface area contributed by atoms with Crippen molar-refractivity contribution >= 4 is 0 Å².